The molecule has 0 aliphatic heterocycles. The van der Waals surface area contributed by atoms with Gasteiger partial charge in [-0.05, 0) is 51.4 Å². The van der Waals surface area contributed by atoms with Crippen LogP contribution in [0.3, 0.4) is 0 Å². The van der Waals surface area contributed by atoms with Crippen molar-refractivity contribution in [1.82, 2.24) is 0 Å². The molecule has 1 atom stereocenters. The first-order chi connectivity index (χ1) is 40.0. The van der Waals surface area contributed by atoms with E-state index < -0.39 is 6.10 Å². The maximum atomic E-state index is 12.9. The van der Waals surface area contributed by atoms with Crippen LogP contribution in [0.25, 0.3) is 0 Å². The van der Waals surface area contributed by atoms with Gasteiger partial charge in [-0.3, -0.25) is 14.4 Å². The standard InChI is InChI=1S/C75H142O6/c1-4-7-10-13-16-19-22-24-26-28-29-30-31-32-33-34-35-36-37-38-39-40-41-42-43-44-45-47-48-50-53-56-59-62-65-68-74(77)80-71-72(70-79-73(76)67-64-61-58-55-52-21-18-15-12-9-6-3)81-75(78)69-66-63-60-57-54-51-49-46-27-25-23-20-17-14-11-8-5-2/h17,20,25,27,72H,4-16,18-19,21-24,26,28-71H2,1-3H3/b20-17-,27-25-. The minimum Gasteiger partial charge on any atom is -0.462 e. The summed E-state index contributed by atoms with van der Waals surface area (Å²) in [5.41, 5.74) is 0. The minimum absolute atomic E-state index is 0.0685. The van der Waals surface area contributed by atoms with E-state index in [1.807, 2.05) is 0 Å². The summed E-state index contributed by atoms with van der Waals surface area (Å²) in [4.78, 5) is 38.3. The number of esters is 3. The molecule has 0 saturated carbocycles. The summed E-state index contributed by atoms with van der Waals surface area (Å²) in [6.45, 7) is 6.68. The maximum Gasteiger partial charge on any atom is 0.306 e. The summed E-state index contributed by atoms with van der Waals surface area (Å²) in [5.74, 6) is -0.848. The lowest BCUT2D eigenvalue weighted by atomic mass is 10.0. The van der Waals surface area contributed by atoms with Gasteiger partial charge in [-0.25, -0.2) is 0 Å². The van der Waals surface area contributed by atoms with E-state index in [-0.39, 0.29) is 31.1 Å². The Bertz CT molecular complexity index is 1310. The van der Waals surface area contributed by atoms with Crippen LogP contribution in [-0.4, -0.2) is 37.2 Å². The Kier molecular flexibility index (Phi) is 68.5. The molecule has 0 aliphatic carbocycles. The average Bonchev–Trinajstić information content (AvgIpc) is 3.47. The van der Waals surface area contributed by atoms with E-state index in [1.54, 1.807) is 0 Å². The Morgan fingerprint density at radius 1 is 0.247 bits per heavy atom. The molecule has 0 aromatic heterocycles. The molecule has 0 amide bonds. The van der Waals surface area contributed by atoms with Crippen molar-refractivity contribution in [3.8, 4) is 0 Å². The van der Waals surface area contributed by atoms with E-state index in [2.05, 4.69) is 45.1 Å². The van der Waals surface area contributed by atoms with E-state index in [0.717, 1.165) is 70.6 Å². The van der Waals surface area contributed by atoms with Crippen molar-refractivity contribution in [3.05, 3.63) is 24.3 Å². The van der Waals surface area contributed by atoms with Crippen LogP contribution in [0.4, 0.5) is 0 Å². The third-order valence-electron chi connectivity index (χ3n) is 17.0. The molecule has 6 heteroatoms. The van der Waals surface area contributed by atoms with Crippen LogP contribution in [0.1, 0.15) is 419 Å². The van der Waals surface area contributed by atoms with Gasteiger partial charge in [0.2, 0.25) is 0 Å². The first-order valence-electron chi connectivity index (χ1n) is 36.8. The third kappa shape index (κ3) is 68.6. The highest BCUT2D eigenvalue weighted by Crippen LogP contribution is 2.19. The van der Waals surface area contributed by atoms with Crippen molar-refractivity contribution >= 4 is 17.9 Å². The molecule has 6 nitrogen and oxygen atoms in total. The molecule has 1 unspecified atom stereocenters. The number of hydrogen-bond acceptors (Lipinski definition) is 6. The number of hydrogen-bond donors (Lipinski definition) is 0. The topological polar surface area (TPSA) is 78.9 Å². The molecule has 0 aliphatic rings. The van der Waals surface area contributed by atoms with Crippen molar-refractivity contribution < 1.29 is 28.6 Å². The second-order valence-corrected chi connectivity index (χ2v) is 25.2. The summed E-state index contributed by atoms with van der Waals surface area (Å²) in [6, 6.07) is 0. The minimum atomic E-state index is -0.772. The number of rotatable bonds is 69. The van der Waals surface area contributed by atoms with Crippen LogP contribution in [0.5, 0.6) is 0 Å². The Morgan fingerprint density at radius 2 is 0.444 bits per heavy atom. The first kappa shape index (κ1) is 78.9. The van der Waals surface area contributed by atoms with Crippen LogP contribution in [0.2, 0.25) is 0 Å². The van der Waals surface area contributed by atoms with Gasteiger partial charge in [-0.15, -0.1) is 0 Å². The Balaban J connectivity index is 4.01. The molecule has 0 heterocycles. The second kappa shape index (κ2) is 70.4. The van der Waals surface area contributed by atoms with Gasteiger partial charge in [0.15, 0.2) is 6.10 Å². The lowest BCUT2D eigenvalue weighted by Gasteiger charge is -2.18. The summed E-state index contributed by atoms with van der Waals surface area (Å²) >= 11 is 0. The van der Waals surface area contributed by atoms with E-state index in [4.69, 9.17) is 14.2 Å². The molecule has 0 N–H and O–H groups in total. The van der Waals surface area contributed by atoms with Gasteiger partial charge in [-0.1, -0.05) is 373 Å². The molecule has 0 saturated heterocycles. The van der Waals surface area contributed by atoms with Crippen molar-refractivity contribution in [2.45, 2.75) is 425 Å². The Morgan fingerprint density at radius 3 is 0.704 bits per heavy atom. The van der Waals surface area contributed by atoms with Gasteiger partial charge >= 0.3 is 17.9 Å². The monoisotopic (exact) mass is 1140 g/mol. The third-order valence-corrected chi connectivity index (χ3v) is 17.0. The number of allylic oxidation sites excluding steroid dienone is 4. The largest absolute Gasteiger partial charge is 0.462 e. The molecular weight excluding hydrogens is 997 g/mol. The van der Waals surface area contributed by atoms with Crippen molar-refractivity contribution in [2.75, 3.05) is 13.2 Å². The average molecular weight is 1140 g/mol. The normalized spacial score (nSPS) is 12.1. The van der Waals surface area contributed by atoms with Gasteiger partial charge in [0.25, 0.3) is 0 Å². The van der Waals surface area contributed by atoms with E-state index in [9.17, 15) is 14.4 Å². The van der Waals surface area contributed by atoms with Crippen LogP contribution in [0, 0.1) is 0 Å². The van der Waals surface area contributed by atoms with Crippen molar-refractivity contribution in [2.24, 2.45) is 0 Å². The quantitative estimate of drug-likeness (QED) is 0.0261. The predicted octanol–water partition coefficient (Wildman–Crippen LogP) is 25.3. The first-order valence-corrected chi connectivity index (χ1v) is 36.8. The number of ether oxygens (including phenoxy) is 3. The van der Waals surface area contributed by atoms with Gasteiger partial charge in [0, 0.05) is 19.3 Å². The van der Waals surface area contributed by atoms with Crippen LogP contribution in [0.15, 0.2) is 24.3 Å². The van der Waals surface area contributed by atoms with E-state index in [1.165, 1.54) is 308 Å². The van der Waals surface area contributed by atoms with Crippen molar-refractivity contribution in [3.63, 3.8) is 0 Å². The molecule has 0 fully saturated rings. The van der Waals surface area contributed by atoms with Crippen LogP contribution in [-0.2, 0) is 28.6 Å². The summed E-state index contributed by atoms with van der Waals surface area (Å²) in [5, 5.41) is 0. The van der Waals surface area contributed by atoms with Gasteiger partial charge in [0.05, 0.1) is 0 Å². The smallest absolute Gasteiger partial charge is 0.306 e. The zero-order chi connectivity index (χ0) is 58.5. The van der Waals surface area contributed by atoms with Crippen LogP contribution >= 0.6 is 0 Å². The van der Waals surface area contributed by atoms with Gasteiger partial charge < -0.3 is 14.2 Å². The zero-order valence-electron chi connectivity index (χ0n) is 55.1. The number of carbonyl (C=O) groups is 3. The Labute approximate surface area is 506 Å². The Hall–Kier alpha value is -2.11. The fraction of sp³-hybridized carbons (Fsp3) is 0.907. The molecule has 478 valence electrons. The SMILES string of the molecule is CCCCC/C=C\C/C=C\CCCCCCCCCC(=O)OC(COC(=O)CCCCCCCCCCCCC)COC(=O)CCCCCCCCCCCCCCCCCCCCCCCCCCCCCCCCCCCCC. The molecule has 0 aromatic carbocycles. The van der Waals surface area contributed by atoms with E-state index in [0.29, 0.717) is 19.3 Å². The molecule has 0 radical (unpaired) electrons. The van der Waals surface area contributed by atoms with Crippen LogP contribution < -0.4 is 0 Å². The summed E-state index contributed by atoms with van der Waals surface area (Å²) < 4.78 is 17.0. The molecule has 81 heavy (non-hydrogen) atoms. The highest BCUT2D eigenvalue weighted by molar-refractivity contribution is 5.71. The highest BCUT2D eigenvalue weighted by Gasteiger charge is 2.20. The number of carbonyl (C=O) groups excluding carboxylic acids is 3. The number of unbranched alkanes of at least 4 members (excludes halogenated alkanes) is 54. The summed E-state index contributed by atoms with van der Waals surface area (Å²) in [7, 11) is 0. The fourth-order valence-corrected chi connectivity index (χ4v) is 11.4. The van der Waals surface area contributed by atoms with Gasteiger partial charge in [0.1, 0.15) is 13.2 Å². The lowest BCUT2D eigenvalue weighted by Crippen LogP contribution is -2.30. The highest BCUT2D eigenvalue weighted by atomic mass is 16.6. The molecule has 0 bridgehead atoms. The fourth-order valence-electron chi connectivity index (χ4n) is 11.4. The second-order valence-electron chi connectivity index (χ2n) is 25.2. The van der Waals surface area contributed by atoms with Crippen molar-refractivity contribution in [1.29, 1.82) is 0 Å². The molecular formula is C75H142O6. The molecule has 0 aromatic rings. The van der Waals surface area contributed by atoms with Gasteiger partial charge in [-0.2, -0.15) is 0 Å². The maximum absolute atomic E-state index is 12.9. The zero-order valence-corrected chi connectivity index (χ0v) is 55.1. The predicted molar refractivity (Wildman–Crippen MR) is 353 cm³/mol. The molecule has 0 spiro atoms. The summed E-state index contributed by atoms with van der Waals surface area (Å²) in [6.07, 6.45) is 86.7. The lowest BCUT2D eigenvalue weighted by molar-refractivity contribution is -0.167. The van der Waals surface area contributed by atoms with E-state index >= 15 is 0 Å². The molecule has 0 rings (SSSR count).